The van der Waals surface area contributed by atoms with E-state index in [1.165, 1.54) is 161 Å². The zero-order valence-electron chi connectivity index (χ0n) is 63.7. The monoisotopic (exact) mass is 1380 g/mol. The van der Waals surface area contributed by atoms with Crippen molar-refractivity contribution in [1.29, 1.82) is 0 Å². The quantitative estimate of drug-likeness (QED) is 0.0211. The van der Waals surface area contributed by atoms with Crippen molar-refractivity contribution in [2.75, 3.05) is 47.5 Å². The summed E-state index contributed by atoms with van der Waals surface area (Å²) in [6.07, 6.45) is 116. The Morgan fingerprint density at radius 2 is 0.551 bits per heavy atom. The lowest BCUT2D eigenvalue weighted by Gasteiger charge is -2.24. The van der Waals surface area contributed by atoms with Gasteiger partial charge in [-0.2, -0.15) is 0 Å². The second-order valence-electron chi connectivity index (χ2n) is 27.3. The third-order valence-electron chi connectivity index (χ3n) is 16.7. The number of hydrogen-bond donors (Lipinski definition) is 1. The van der Waals surface area contributed by atoms with Crippen LogP contribution in [0.25, 0.3) is 0 Å². The van der Waals surface area contributed by atoms with E-state index in [1.807, 2.05) is 21.1 Å². The van der Waals surface area contributed by atoms with Gasteiger partial charge in [-0.15, -0.1) is 0 Å². The lowest BCUT2D eigenvalue weighted by molar-refractivity contribution is -0.870. The van der Waals surface area contributed by atoms with Gasteiger partial charge in [0.1, 0.15) is 19.8 Å². The van der Waals surface area contributed by atoms with Crippen molar-refractivity contribution >= 4 is 19.8 Å². The summed E-state index contributed by atoms with van der Waals surface area (Å²) in [6, 6.07) is 0. The number of hydrogen-bond acceptors (Lipinski definition) is 7. The molecule has 0 spiro atoms. The smallest absolute Gasteiger partial charge is 0.462 e. The summed E-state index contributed by atoms with van der Waals surface area (Å²) in [5.41, 5.74) is 0. The minimum absolute atomic E-state index is 0.0261. The van der Waals surface area contributed by atoms with Crippen LogP contribution in [0.3, 0.4) is 0 Å². The molecular formula is C88H149NO8P+. The summed E-state index contributed by atoms with van der Waals surface area (Å²) in [5.74, 6) is -0.796. The van der Waals surface area contributed by atoms with Gasteiger partial charge in [-0.05, 0) is 128 Å². The van der Waals surface area contributed by atoms with Crippen LogP contribution in [0.5, 0.6) is 0 Å². The van der Waals surface area contributed by atoms with Gasteiger partial charge in [0.15, 0.2) is 6.10 Å². The van der Waals surface area contributed by atoms with Crippen molar-refractivity contribution < 1.29 is 42.1 Å². The second-order valence-corrected chi connectivity index (χ2v) is 28.8. The normalized spacial score (nSPS) is 14.0. The maximum atomic E-state index is 12.9. The molecule has 10 heteroatoms. The molecule has 0 saturated carbocycles. The van der Waals surface area contributed by atoms with E-state index in [0.29, 0.717) is 17.4 Å². The van der Waals surface area contributed by atoms with Crippen LogP contribution in [0.2, 0.25) is 0 Å². The molecule has 0 aliphatic heterocycles. The molecule has 0 aliphatic rings. The Morgan fingerprint density at radius 1 is 0.316 bits per heavy atom. The number of carbonyl (C=O) groups excluding carboxylic acids is 2. The van der Waals surface area contributed by atoms with Crippen LogP contribution in [0, 0.1) is 0 Å². The summed E-state index contributed by atoms with van der Waals surface area (Å²) in [7, 11) is 1.47. The first kappa shape index (κ1) is 93.4. The first-order chi connectivity index (χ1) is 48.0. The molecule has 0 saturated heterocycles. The number of rotatable bonds is 72. The van der Waals surface area contributed by atoms with E-state index in [4.69, 9.17) is 18.5 Å². The number of ether oxygens (including phenoxy) is 2. The van der Waals surface area contributed by atoms with Gasteiger partial charge in [0.05, 0.1) is 27.7 Å². The fraction of sp³-hybridized carbons (Fsp3) is 0.659. The molecule has 2 atom stereocenters. The summed E-state index contributed by atoms with van der Waals surface area (Å²) < 4.78 is 34.8. The van der Waals surface area contributed by atoms with Gasteiger partial charge < -0.3 is 18.9 Å². The average molecular weight is 1380 g/mol. The summed E-state index contributed by atoms with van der Waals surface area (Å²) >= 11 is 0. The van der Waals surface area contributed by atoms with Crippen LogP contribution in [-0.4, -0.2) is 74.9 Å². The van der Waals surface area contributed by atoms with Crippen molar-refractivity contribution in [2.24, 2.45) is 0 Å². The number of phosphoric ester groups is 1. The van der Waals surface area contributed by atoms with E-state index in [-0.39, 0.29) is 32.0 Å². The van der Waals surface area contributed by atoms with Crippen molar-refractivity contribution in [3.8, 4) is 0 Å². The number of phosphoric acid groups is 1. The molecule has 0 aromatic carbocycles. The van der Waals surface area contributed by atoms with Crippen LogP contribution >= 0.6 is 7.82 Å². The van der Waals surface area contributed by atoms with Crippen LogP contribution in [-0.2, 0) is 32.7 Å². The SMILES string of the molecule is CC/C=C\C/C=C\C/C=C\C/C=C\C/C=C\C/C=C\C/C=C\CCCCCCCCCCCCCCCCCCCC(=O)OC(COC(=O)CCCCCCCCCCCCCCC/C=C\C/C=C\C/C=C\C/C=C\C/C=C\C/C=C\C/C=C\CC)COP(=O)(O)OCC[N+](C)(C)C. The fourth-order valence-electron chi connectivity index (χ4n) is 10.7. The highest BCUT2D eigenvalue weighted by molar-refractivity contribution is 7.47. The molecule has 98 heavy (non-hydrogen) atoms. The van der Waals surface area contributed by atoms with Gasteiger partial charge in [0.25, 0.3) is 0 Å². The molecule has 9 nitrogen and oxygen atoms in total. The Bertz CT molecular complexity index is 2270. The van der Waals surface area contributed by atoms with Gasteiger partial charge in [0, 0.05) is 12.8 Å². The largest absolute Gasteiger partial charge is 0.472 e. The van der Waals surface area contributed by atoms with Gasteiger partial charge in [-0.25, -0.2) is 4.57 Å². The lowest BCUT2D eigenvalue weighted by atomic mass is 10.0. The predicted octanol–water partition coefficient (Wildman–Crippen LogP) is 26.8. The predicted molar refractivity (Wildman–Crippen MR) is 426 cm³/mol. The first-order valence-corrected chi connectivity index (χ1v) is 41.4. The highest BCUT2D eigenvalue weighted by Crippen LogP contribution is 2.43. The second kappa shape index (κ2) is 76.5. The Kier molecular flexibility index (Phi) is 72.9. The van der Waals surface area contributed by atoms with E-state index in [2.05, 4.69) is 184 Å². The molecule has 0 fully saturated rings. The minimum Gasteiger partial charge on any atom is -0.462 e. The van der Waals surface area contributed by atoms with Crippen LogP contribution in [0.4, 0.5) is 0 Å². The number of quaternary nitrogens is 1. The Hall–Kier alpha value is -4.63. The average Bonchev–Trinajstić information content (AvgIpc) is 1.23. The maximum Gasteiger partial charge on any atom is 0.472 e. The number of esters is 2. The van der Waals surface area contributed by atoms with Crippen molar-refractivity contribution in [3.05, 3.63) is 170 Å². The zero-order chi connectivity index (χ0) is 71.1. The number of allylic oxidation sites excluding steroid dienone is 28. The molecule has 558 valence electrons. The summed E-state index contributed by atoms with van der Waals surface area (Å²) in [5, 5.41) is 0. The zero-order valence-corrected chi connectivity index (χ0v) is 64.6. The molecular weight excluding hydrogens is 1230 g/mol. The van der Waals surface area contributed by atoms with Gasteiger partial charge in [-0.3, -0.25) is 18.6 Å². The van der Waals surface area contributed by atoms with Gasteiger partial charge in [-0.1, -0.05) is 351 Å². The van der Waals surface area contributed by atoms with Crippen molar-refractivity contribution in [1.82, 2.24) is 0 Å². The number of unbranched alkanes of at least 4 members (excludes halogenated alkanes) is 30. The van der Waals surface area contributed by atoms with Crippen molar-refractivity contribution in [3.63, 3.8) is 0 Å². The van der Waals surface area contributed by atoms with Crippen molar-refractivity contribution in [2.45, 2.75) is 328 Å². The Balaban J connectivity index is 4.01. The highest BCUT2D eigenvalue weighted by atomic mass is 31.2. The topological polar surface area (TPSA) is 108 Å². The molecule has 0 rings (SSSR count). The number of likely N-dealkylation sites (N-methyl/N-ethyl adjacent to an activating group) is 1. The molecule has 2 unspecified atom stereocenters. The first-order valence-electron chi connectivity index (χ1n) is 39.9. The van der Waals surface area contributed by atoms with E-state index >= 15 is 0 Å². The summed E-state index contributed by atoms with van der Waals surface area (Å²) in [6.45, 7) is 4.22. The van der Waals surface area contributed by atoms with Crippen LogP contribution < -0.4 is 0 Å². The molecule has 0 amide bonds. The Labute approximate surface area is 604 Å². The molecule has 0 bridgehead atoms. The molecule has 0 aliphatic carbocycles. The molecule has 0 aromatic heterocycles. The number of carbonyl (C=O) groups is 2. The highest BCUT2D eigenvalue weighted by Gasteiger charge is 2.27. The third kappa shape index (κ3) is 80.3. The van der Waals surface area contributed by atoms with Gasteiger partial charge in [0.2, 0.25) is 0 Å². The van der Waals surface area contributed by atoms with Crippen LogP contribution in [0.15, 0.2) is 170 Å². The lowest BCUT2D eigenvalue weighted by Crippen LogP contribution is -2.37. The van der Waals surface area contributed by atoms with E-state index in [0.717, 1.165) is 128 Å². The molecule has 0 aromatic rings. The minimum atomic E-state index is -4.40. The Morgan fingerprint density at radius 3 is 0.816 bits per heavy atom. The van der Waals surface area contributed by atoms with E-state index in [9.17, 15) is 19.0 Å². The van der Waals surface area contributed by atoms with E-state index in [1.54, 1.807) is 0 Å². The summed E-state index contributed by atoms with van der Waals surface area (Å²) in [4.78, 5) is 36.0. The third-order valence-corrected chi connectivity index (χ3v) is 17.7. The molecule has 0 radical (unpaired) electrons. The maximum absolute atomic E-state index is 12.9. The fourth-order valence-corrected chi connectivity index (χ4v) is 11.5. The van der Waals surface area contributed by atoms with Crippen LogP contribution in [0.1, 0.15) is 322 Å². The van der Waals surface area contributed by atoms with E-state index < -0.39 is 26.5 Å². The molecule has 1 N–H and O–H groups in total. The van der Waals surface area contributed by atoms with Gasteiger partial charge >= 0.3 is 19.8 Å². The standard InChI is InChI=1S/C88H148NO8P/c1-6-8-10-12-14-16-18-20-22-24-26-28-30-32-34-36-38-40-42-43-44-45-47-49-51-53-55-57-59-61-63-65-67-69-71-73-75-77-79-81-88(91)97-86(85-96-98(92,93)95-83-82-89(3,4)5)84-94-87(90)80-78-76-74-72-70-68-66-64-62-60-58-56-54-52-50-48-46-41-39-37-35-33-31-29-27-25-23-21-19-17-15-13-11-9-7-2/h8-11,14-17,20-23,26-29,32-35,38-41,43-44,48,50,86H,6-7,12-13,18-19,24-25,30-31,36-37,42,45-47,49,51-85H2,1-5H3/p+1/b10-8-,11-9-,16-14-,17-15-,22-20-,23-21-,28-26-,29-27-,34-32-,35-33-,40-38-,41-39-,44-43-,50-48-. The molecule has 0 heterocycles. The number of nitrogens with zero attached hydrogens (tertiary/aromatic N) is 1.